The molecule has 0 aromatic rings. The molecule has 6 heteroatoms. The second kappa shape index (κ2) is 4.59. The van der Waals surface area contributed by atoms with E-state index in [-0.39, 0.29) is 30.3 Å². The summed E-state index contributed by atoms with van der Waals surface area (Å²) in [6, 6.07) is 0.105. The molecule has 1 saturated heterocycles. The molecule has 4 unspecified atom stereocenters. The van der Waals surface area contributed by atoms with Gasteiger partial charge >= 0.3 is 5.97 Å². The minimum atomic E-state index is -0.419. The molecule has 2 aliphatic carbocycles. The second-order valence-corrected chi connectivity index (χ2v) is 5.57. The van der Waals surface area contributed by atoms with E-state index in [0.717, 1.165) is 6.42 Å². The lowest BCUT2D eigenvalue weighted by atomic mass is 9.86. The summed E-state index contributed by atoms with van der Waals surface area (Å²) < 4.78 is 4.88. The number of carbonyl (C=O) groups excluding carboxylic acids is 2. The molecule has 1 amide bonds. The molecule has 3 rings (SSSR count). The van der Waals surface area contributed by atoms with Crippen molar-refractivity contribution in [3.63, 3.8) is 0 Å². The SMILES string of the molecule is CCOC(=O)CN1C(=O)C2C3C=CC(C3)C2NC1=S. The van der Waals surface area contributed by atoms with Gasteiger partial charge in [-0.05, 0) is 37.4 Å². The number of nitrogens with zero attached hydrogens (tertiary/aromatic N) is 1. The normalized spacial score (nSPS) is 35.3. The highest BCUT2D eigenvalue weighted by Crippen LogP contribution is 2.45. The first kappa shape index (κ1) is 12.6. The third-order valence-corrected chi connectivity index (χ3v) is 4.48. The summed E-state index contributed by atoms with van der Waals surface area (Å²) in [5.41, 5.74) is 0. The van der Waals surface area contributed by atoms with Crippen LogP contribution in [0.4, 0.5) is 0 Å². The average Bonchev–Trinajstić information content (AvgIpc) is 2.95. The molecule has 2 fully saturated rings. The molecule has 102 valence electrons. The summed E-state index contributed by atoms with van der Waals surface area (Å²) in [4.78, 5) is 25.4. The number of esters is 1. The number of hydrogen-bond acceptors (Lipinski definition) is 4. The number of allylic oxidation sites excluding steroid dienone is 1. The molecule has 0 aromatic heterocycles. The van der Waals surface area contributed by atoms with Crippen molar-refractivity contribution in [3.05, 3.63) is 12.2 Å². The van der Waals surface area contributed by atoms with Crippen molar-refractivity contribution in [2.24, 2.45) is 17.8 Å². The van der Waals surface area contributed by atoms with Crippen LogP contribution in [0.2, 0.25) is 0 Å². The van der Waals surface area contributed by atoms with Crippen molar-refractivity contribution >= 4 is 29.2 Å². The van der Waals surface area contributed by atoms with Crippen LogP contribution in [0.5, 0.6) is 0 Å². The van der Waals surface area contributed by atoms with E-state index in [2.05, 4.69) is 17.5 Å². The monoisotopic (exact) mass is 280 g/mol. The molecule has 4 atom stereocenters. The van der Waals surface area contributed by atoms with Crippen molar-refractivity contribution in [2.75, 3.05) is 13.2 Å². The highest BCUT2D eigenvalue weighted by molar-refractivity contribution is 7.80. The Morgan fingerprint density at radius 3 is 3.00 bits per heavy atom. The van der Waals surface area contributed by atoms with E-state index in [9.17, 15) is 9.59 Å². The summed E-state index contributed by atoms with van der Waals surface area (Å²) in [7, 11) is 0. The number of amides is 1. The van der Waals surface area contributed by atoms with Crippen LogP contribution in [-0.2, 0) is 14.3 Å². The number of ether oxygens (including phenoxy) is 1. The molecule has 0 radical (unpaired) electrons. The number of fused-ring (bicyclic) bond motifs is 5. The van der Waals surface area contributed by atoms with Crippen LogP contribution in [0.25, 0.3) is 0 Å². The second-order valence-electron chi connectivity index (χ2n) is 5.18. The Morgan fingerprint density at radius 1 is 1.53 bits per heavy atom. The molecular weight excluding hydrogens is 264 g/mol. The Bertz CT molecular complexity index is 477. The first-order chi connectivity index (χ1) is 9.11. The molecule has 1 aliphatic heterocycles. The zero-order valence-electron chi connectivity index (χ0n) is 10.7. The van der Waals surface area contributed by atoms with E-state index in [0.29, 0.717) is 17.6 Å². The van der Waals surface area contributed by atoms with E-state index in [1.165, 1.54) is 4.90 Å². The quantitative estimate of drug-likeness (QED) is 0.462. The number of thiocarbonyl (C=S) groups is 1. The van der Waals surface area contributed by atoms with Crippen molar-refractivity contribution in [3.8, 4) is 0 Å². The summed E-state index contributed by atoms with van der Waals surface area (Å²) >= 11 is 5.21. The van der Waals surface area contributed by atoms with Gasteiger partial charge in [-0.2, -0.15) is 0 Å². The maximum Gasteiger partial charge on any atom is 0.326 e. The fourth-order valence-electron chi connectivity index (χ4n) is 3.34. The molecular formula is C13H16N2O3S. The topological polar surface area (TPSA) is 58.6 Å². The van der Waals surface area contributed by atoms with Crippen LogP contribution >= 0.6 is 12.2 Å². The van der Waals surface area contributed by atoms with Gasteiger partial charge in [0.2, 0.25) is 5.91 Å². The maximum atomic E-state index is 12.5. The smallest absolute Gasteiger partial charge is 0.326 e. The standard InChI is InChI=1S/C13H16N2O3S/c1-2-18-9(16)6-15-12(17)10-7-3-4-8(5-7)11(10)14-13(15)19/h3-4,7-8,10-11H,2,5-6H2,1H3,(H,14,19). The van der Waals surface area contributed by atoms with E-state index >= 15 is 0 Å². The lowest BCUT2D eigenvalue weighted by molar-refractivity contribution is -0.148. The van der Waals surface area contributed by atoms with Crippen LogP contribution in [0.3, 0.4) is 0 Å². The first-order valence-electron chi connectivity index (χ1n) is 6.57. The van der Waals surface area contributed by atoms with Crippen LogP contribution < -0.4 is 5.32 Å². The number of hydrogen-bond donors (Lipinski definition) is 1. The third kappa shape index (κ3) is 1.94. The molecule has 1 N–H and O–H groups in total. The van der Waals surface area contributed by atoms with Gasteiger partial charge in [-0.1, -0.05) is 12.2 Å². The number of carbonyl (C=O) groups is 2. The highest BCUT2D eigenvalue weighted by atomic mass is 32.1. The fourth-order valence-corrected chi connectivity index (χ4v) is 3.63. The lowest BCUT2D eigenvalue weighted by Crippen LogP contribution is -2.61. The molecule has 19 heavy (non-hydrogen) atoms. The summed E-state index contributed by atoms with van der Waals surface area (Å²) in [5, 5.41) is 3.56. The minimum Gasteiger partial charge on any atom is -0.465 e. The van der Waals surface area contributed by atoms with Gasteiger partial charge in [0, 0.05) is 6.04 Å². The Hall–Kier alpha value is -1.43. The van der Waals surface area contributed by atoms with Crippen LogP contribution in [0.15, 0.2) is 12.2 Å². The Kier molecular flexibility index (Phi) is 3.05. The predicted molar refractivity (Wildman–Crippen MR) is 72.1 cm³/mol. The zero-order valence-corrected chi connectivity index (χ0v) is 11.5. The largest absolute Gasteiger partial charge is 0.465 e. The van der Waals surface area contributed by atoms with Crippen molar-refractivity contribution < 1.29 is 14.3 Å². The third-order valence-electron chi connectivity index (χ3n) is 4.14. The molecule has 2 bridgehead atoms. The van der Waals surface area contributed by atoms with Gasteiger partial charge in [0.25, 0.3) is 0 Å². The maximum absolute atomic E-state index is 12.5. The van der Waals surface area contributed by atoms with Crippen LogP contribution in [0.1, 0.15) is 13.3 Å². The van der Waals surface area contributed by atoms with E-state index in [1.807, 2.05) is 0 Å². The van der Waals surface area contributed by atoms with Gasteiger partial charge in [-0.15, -0.1) is 0 Å². The zero-order chi connectivity index (χ0) is 13.6. The predicted octanol–water partition coefficient (Wildman–Crippen LogP) is 0.457. The Labute approximate surface area is 117 Å². The Balaban J connectivity index is 1.76. The average molecular weight is 280 g/mol. The minimum absolute atomic E-state index is 0.0429. The van der Waals surface area contributed by atoms with Crippen molar-refractivity contribution in [1.82, 2.24) is 10.2 Å². The van der Waals surface area contributed by atoms with E-state index in [1.54, 1.807) is 6.92 Å². The Morgan fingerprint density at radius 2 is 2.26 bits per heavy atom. The van der Waals surface area contributed by atoms with Gasteiger partial charge in [0.1, 0.15) is 6.54 Å². The fraction of sp³-hybridized carbons (Fsp3) is 0.615. The molecule has 0 aromatic carbocycles. The van der Waals surface area contributed by atoms with E-state index in [4.69, 9.17) is 17.0 Å². The van der Waals surface area contributed by atoms with Gasteiger partial charge in [-0.25, -0.2) is 0 Å². The molecule has 0 spiro atoms. The summed E-state index contributed by atoms with van der Waals surface area (Å²) in [6.07, 6.45) is 5.28. The molecule has 1 saturated carbocycles. The lowest BCUT2D eigenvalue weighted by Gasteiger charge is -2.39. The van der Waals surface area contributed by atoms with Gasteiger partial charge in [0.05, 0.1) is 12.5 Å². The van der Waals surface area contributed by atoms with Crippen LogP contribution in [-0.4, -0.2) is 41.1 Å². The molecule has 5 nitrogen and oxygen atoms in total. The first-order valence-corrected chi connectivity index (χ1v) is 6.98. The van der Waals surface area contributed by atoms with Gasteiger partial charge < -0.3 is 10.1 Å². The van der Waals surface area contributed by atoms with Gasteiger partial charge in [-0.3, -0.25) is 14.5 Å². The molecule has 3 aliphatic rings. The summed E-state index contributed by atoms with van der Waals surface area (Å²) in [5.74, 6) is 0.122. The van der Waals surface area contributed by atoms with E-state index < -0.39 is 5.97 Å². The van der Waals surface area contributed by atoms with Gasteiger partial charge in [0.15, 0.2) is 5.11 Å². The van der Waals surface area contributed by atoms with Crippen molar-refractivity contribution in [2.45, 2.75) is 19.4 Å². The number of rotatable bonds is 3. The van der Waals surface area contributed by atoms with Crippen molar-refractivity contribution in [1.29, 1.82) is 0 Å². The van der Waals surface area contributed by atoms with Crippen LogP contribution in [0, 0.1) is 17.8 Å². The highest BCUT2D eigenvalue weighted by Gasteiger charge is 2.53. The molecule has 1 heterocycles. The number of nitrogens with one attached hydrogen (secondary N) is 1. The summed E-state index contributed by atoms with van der Waals surface area (Å²) in [6.45, 7) is 1.95.